The predicted octanol–water partition coefficient (Wildman–Crippen LogP) is 3.12. The maximum atomic E-state index is 10.8. The molecule has 0 saturated carbocycles. The summed E-state index contributed by atoms with van der Waals surface area (Å²) in [5.41, 5.74) is 0.917. The molecule has 0 aromatic carbocycles. The lowest BCUT2D eigenvalue weighted by atomic mass is 10.1. The Labute approximate surface area is 92.8 Å². The molecule has 4 nitrogen and oxygen atoms in total. The Morgan fingerprint density at radius 2 is 2.40 bits per heavy atom. The van der Waals surface area contributed by atoms with Crippen molar-refractivity contribution in [3.8, 4) is 0 Å². The van der Waals surface area contributed by atoms with Crippen LogP contribution < -0.4 is 0 Å². The summed E-state index contributed by atoms with van der Waals surface area (Å²) in [6.45, 7) is 5.81. The molecular weight excluding hydrogens is 212 g/mol. The van der Waals surface area contributed by atoms with Crippen LogP contribution in [0.2, 0.25) is 0 Å². The lowest BCUT2D eigenvalue weighted by Crippen LogP contribution is -2.02. The minimum Gasteiger partial charge on any atom is -0.259 e. The summed E-state index contributed by atoms with van der Waals surface area (Å²) in [5.74, 6) is 0.279. The quantitative estimate of drug-likeness (QED) is 0.585. The van der Waals surface area contributed by atoms with E-state index in [2.05, 4.69) is 4.98 Å². The van der Waals surface area contributed by atoms with Gasteiger partial charge in [-0.05, 0) is 12.8 Å². The van der Waals surface area contributed by atoms with Crippen LogP contribution in [0.1, 0.15) is 31.0 Å². The topological polar surface area (TPSA) is 56.0 Å². The van der Waals surface area contributed by atoms with Gasteiger partial charge < -0.3 is 0 Å². The third-order valence-corrected chi connectivity index (χ3v) is 2.59. The standard InChI is InChI=1S/C10H14N2O2S/c1-7(2)4-10(12(13)14)5-9-6-15-8(3)11-9/h5-7H,4H2,1-3H3. The van der Waals surface area contributed by atoms with E-state index in [-0.39, 0.29) is 16.5 Å². The smallest absolute Gasteiger partial charge is 0.248 e. The highest BCUT2D eigenvalue weighted by atomic mass is 32.1. The summed E-state index contributed by atoms with van der Waals surface area (Å²) in [6.07, 6.45) is 2.03. The van der Waals surface area contributed by atoms with E-state index < -0.39 is 0 Å². The average molecular weight is 226 g/mol. The SMILES string of the molecule is Cc1nc(C=C(CC(C)C)[N+](=O)[O-])cs1. The first-order chi connectivity index (χ1) is 6.99. The zero-order valence-electron chi connectivity index (χ0n) is 9.06. The number of hydrogen-bond donors (Lipinski definition) is 0. The maximum Gasteiger partial charge on any atom is 0.248 e. The first kappa shape index (κ1) is 11.8. The van der Waals surface area contributed by atoms with E-state index >= 15 is 0 Å². The van der Waals surface area contributed by atoms with Gasteiger partial charge >= 0.3 is 0 Å². The van der Waals surface area contributed by atoms with Gasteiger partial charge in [0, 0.05) is 17.9 Å². The highest BCUT2D eigenvalue weighted by Gasteiger charge is 2.13. The molecule has 0 amide bonds. The molecule has 0 aliphatic heterocycles. The van der Waals surface area contributed by atoms with E-state index in [4.69, 9.17) is 0 Å². The fourth-order valence-electron chi connectivity index (χ4n) is 1.22. The van der Waals surface area contributed by atoms with Gasteiger partial charge in [-0.15, -0.1) is 11.3 Å². The summed E-state index contributed by atoms with van der Waals surface area (Å²) in [5, 5.41) is 13.5. The number of aromatic nitrogens is 1. The van der Waals surface area contributed by atoms with E-state index in [1.54, 1.807) is 6.08 Å². The van der Waals surface area contributed by atoms with Crippen molar-refractivity contribution < 1.29 is 4.92 Å². The van der Waals surface area contributed by atoms with Gasteiger partial charge in [-0.2, -0.15) is 0 Å². The molecule has 1 aromatic rings. The number of rotatable bonds is 4. The van der Waals surface area contributed by atoms with Crippen LogP contribution in [0.5, 0.6) is 0 Å². The van der Waals surface area contributed by atoms with Gasteiger partial charge in [0.1, 0.15) is 0 Å². The first-order valence-corrected chi connectivity index (χ1v) is 5.64. The van der Waals surface area contributed by atoms with Gasteiger partial charge in [-0.25, -0.2) is 4.98 Å². The highest BCUT2D eigenvalue weighted by molar-refractivity contribution is 7.09. The maximum absolute atomic E-state index is 10.8. The van der Waals surface area contributed by atoms with E-state index in [0.717, 1.165) is 5.01 Å². The van der Waals surface area contributed by atoms with Crippen LogP contribution in [0.3, 0.4) is 0 Å². The number of aryl methyl sites for hydroxylation is 1. The van der Waals surface area contributed by atoms with Crippen molar-refractivity contribution >= 4 is 17.4 Å². The van der Waals surface area contributed by atoms with Gasteiger partial charge in [0.15, 0.2) is 0 Å². The molecule has 0 unspecified atom stereocenters. The van der Waals surface area contributed by atoms with Crippen molar-refractivity contribution in [1.82, 2.24) is 4.98 Å². The molecule has 0 saturated heterocycles. The number of nitrogens with zero attached hydrogens (tertiary/aromatic N) is 2. The summed E-state index contributed by atoms with van der Waals surface area (Å²) in [4.78, 5) is 14.6. The van der Waals surface area contributed by atoms with Crippen molar-refractivity contribution in [2.45, 2.75) is 27.2 Å². The van der Waals surface area contributed by atoms with Crippen molar-refractivity contribution in [1.29, 1.82) is 0 Å². The highest BCUT2D eigenvalue weighted by Crippen LogP contribution is 2.17. The Morgan fingerprint density at radius 3 is 2.80 bits per heavy atom. The summed E-state index contributed by atoms with van der Waals surface area (Å²) >= 11 is 1.50. The zero-order chi connectivity index (χ0) is 11.4. The fourth-order valence-corrected chi connectivity index (χ4v) is 1.79. The van der Waals surface area contributed by atoms with E-state index in [1.807, 2.05) is 26.2 Å². The summed E-state index contributed by atoms with van der Waals surface area (Å²) in [6, 6.07) is 0. The van der Waals surface area contributed by atoms with Gasteiger partial charge in [-0.1, -0.05) is 13.8 Å². The second kappa shape index (κ2) is 5.02. The van der Waals surface area contributed by atoms with Crippen molar-refractivity contribution in [3.63, 3.8) is 0 Å². The van der Waals surface area contributed by atoms with E-state index in [1.165, 1.54) is 11.3 Å². The number of allylic oxidation sites excluding steroid dienone is 1. The molecule has 1 aromatic heterocycles. The molecule has 0 N–H and O–H groups in total. The first-order valence-electron chi connectivity index (χ1n) is 4.76. The van der Waals surface area contributed by atoms with E-state index in [9.17, 15) is 10.1 Å². The fraction of sp³-hybridized carbons (Fsp3) is 0.500. The van der Waals surface area contributed by atoms with Crippen LogP contribution in [-0.2, 0) is 0 Å². The van der Waals surface area contributed by atoms with Crippen molar-refractivity contribution in [2.24, 2.45) is 5.92 Å². The molecule has 0 spiro atoms. The molecule has 0 aliphatic rings. The molecular formula is C10H14N2O2S. The summed E-state index contributed by atoms with van der Waals surface area (Å²) < 4.78 is 0. The Morgan fingerprint density at radius 1 is 1.73 bits per heavy atom. The average Bonchev–Trinajstić information content (AvgIpc) is 2.49. The molecule has 1 heterocycles. The van der Waals surface area contributed by atoms with Crippen molar-refractivity contribution in [2.75, 3.05) is 0 Å². The van der Waals surface area contributed by atoms with Gasteiger partial charge in [0.2, 0.25) is 5.70 Å². The zero-order valence-corrected chi connectivity index (χ0v) is 9.87. The number of nitro groups is 1. The van der Waals surface area contributed by atoms with Gasteiger partial charge in [0.25, 0.3) is 0 Å². The third-order valence-electron chi connectivity index (χ3n) is 1.80. The molecule has 1 rings (SSSR count). The minimum atomic E-state index is -0.325. The van der Waals surface area contributed by atoms with Crippen LogP contribution >= 0.6 is 11.3 Å². The Hall–Kier alpha value is -1.23. The molecule has 15 heavy (non-hydrogen) atoms. The van der Waals surface area contributed by atoms with E-state index in [0.29, 0.717) is 12.1 Å². The third kappa shape index (κ3) is 3.79. The van der Waals surface area contributed by atoms with Crippen LogP contribution in [-0.4, -0.2) is 9.91 Å². The monoisotopic (exact) mass is 226 g/mol. The molecule has 0 radical (unpaired) electrons. The van der Waals surface area contributed by atoms with Crippen LogP contribution in [0.25, 0.3) is 6.08 Å². The second-order valence-electron chi connectivity index (χ2n) is 3.78. The molecule has 5 heteroatoms. The molecule has 0 atom stereocenters. The molecule has 82 valence electrons. The predicted molar refractivity (Wildman–Crippen MR) is 61.3 cm³/mol. The molecule has 0 fully saturated rings. The van der Waals surface area contributed by atoms with Crippen molar-refractivity contribution in [3.05, 3.63) is 31.9 Å². The van der Waals surface area contributed by atoms with Crippen LogP contribution in [0, 0.1) is 23.0 Å². The summed E-state index contributed by atoms with van der Waals surface area (Å²) in [7, 11) is 0. The lowest BCUT2D eigenvalue weighted by Gasteiger charge is -2.00. The molecule has 0 aliphatic carbocycles. The van der Waals surface area contributed by atoms with Crippen LogP contribution in [0.4, 0.5) is 0 Å². The lowest BCUT2D eigenvalue weighted by molar-refractivity contribution is -0.427. The van der Waals surface area contributed by atoms with Gasteiger partial charge in [-0.3, -0.25) is 10.1 Å². The molecule has 0 bridgehead atoms. The second-order valence-corrected chi connectivity index (χ2v) is 4.84. The number of thiazole rings is 1. The number of hydrogen-bond acceptors (Lipinski definition) is 4. The Kier molecular flexibility index (Phi) is 3.96. The Balaban J connectivity index is 2.88. The van der Waals surface area contributed by atoms with Gasteiger partial charge in [0.05, 0.1) is 15.6 Å². The van der Waals surface area contributed by atoms with Crippen LogP contribution in [0.15, 0.2) is 11.1 Å². The minimum absolute atomic E-state index is 0.232. The largest absolute Gasteiger partial charge is 0.259 e. The Bertz CT molecular complexity index is 383. The normalized spacial score (nSPS) is 12.1.